The van der Waals surface area contributed by atoms with Crippen LogP contribution in [0.25, 0.3) is 0 Å². The highest BCUT2D eigenvalue weighted by atomic mass is 32.1. The molecule has 1 aromatic heterocycles. The molecule has 0 radical (unpaired) electrons. The van der Waals surface area contributed by atoms with Crippen LogP contribution in [0.2, 0.25) is 0 Å². The Balaban J connectivity index is 1.83. The summed E-state index contributed by atoms with van der Waals surface area (Å²) in [6.07, 6.45) is 8.43. The van der Waals surface area contributed by atoms with Crippen LogP contribution in [0, 0.1) is 5.92 Å². The van der Waals surface area contributed by atoms with Gasteiger partial charge in [0.25, 0.3) is 0 Å². The van der Waals surface area contributed by atoms with Crippen LogP contribution in [0.15, 0.2) is 11.6 Å². The van der Waals surface area contributed by atoms with Gasteiger partial charge in [-0.15, -0.1) is 11.3 Å². The molecule has 0 saturated heterocycles. The van der Waals surface area contributed by atoms with Crippen molar-refractivity contribution in [1.29, 1.82) is 0 Å². The third-order valence-electron chi connectivity index (χ3n) is 3.44. The largest absolute Gasteiger partial charge is 0.347 e. The Morgan fingerprint density at radius 3 is 2.94 bits per heavy atom. The number of thiazole rings is 1. The molecule has 1 heterocycles. The van der Waals surface area contributed by atoms with E-state index >= 15 is 0 Å². The molecule has 1 N–H and O–H groups in total. The Kier molecular flexibility index (Phi) is 4.54. The summed E-state index contributed by atoms with van der Waals surface area (Å²) < 4.78 is 0. The summed E-state index contributed by atoms with van der Waals surface area (Å²) in [5.74, 6) is 0.808. The van der Waals surface area contributed by atoms with Crippen molar-refractivity contribution < 1.29 is 4.79 Å². The van der Waals surface area contributed by atoms with Crippen LogP contribution in [-0.4, -0.2) is 10.9 Å². The van der Waals surface area contributed by atoms with Gasteiger partial charge in [0.05, 0.1) is 6.04 Å². The van der Waals surface area contributed by atoms with E-state index in [1.54, 1.807) is 17.5 Å². The molecule has 17 heavy (non-hydrogen) atoms. The molecule has 0 aliphatic heterocycles. The molecule has 1 amide bonds. The molecule has 94 valence electrons. The Hall–Kier alpha value is -0.900. The second-order valence-electron chi connectivity index (χ2n) is 4.75. The lowest BCUT2D eigenvalue weighted by Crippen LogP contribution is -2.29. The Bertz CT molecular complexity index is 344. The summed E-state index contributed by atoms with van der Waals surface area (Å²) >= 11 is 1.61. The summed E-state index contributed by atoms with van der Waals surface area (Å²) in [4.78, 5) is 16.2. The van der Waals surface area contributed by atoms with Crippen LogP contribution in [0.1, 0.15) is 56.5 Å². The van der Waals surface area contributed by atoms with Gasteiger partial charge in [0.2, 0.25) is 5.91 Å². The first-order valence-electron chi connectivity index (χ1n) is 6.48. The molecule has 0 bridgehead atoms. The number of hydrogen-bond acceptors (Lipinski definition) is 3. The molecule has 1 atom stereocenters. The van der Waals surface area contributed by atoms with Gasteiger partial charge in [-0.25, -0.2) is 4.98 Å². The zero-order valence-electron chi connectivity index (χ0n) is 10.3. The zero-order valence-corrected chi connectivity index (χ0v) is 11.1. The van der Waals surface area contributed by atoms with E-state index in [1.807, 2.05) is 5.38 Å². The first kappa shape index (κ1) is 12.6. The Labute approximate surface area is 107 Å². The number of carbonyl (C=O) groups excluding carboxylic acids is 1. The molecule has 4 heteroatoms. The smallest absolute Gasteiger partial charge is 0.220 e. The van der Waals surface area contributed by atoms with Gasteiger partial charge >= 0.3 is 0 Å². The van der Waals surface area contributed by atoms with Crippen molar-refractivity contribution in [3.8, 4) is 0 Å². The monoisotopic (exact) mass is 252 g/mol. The molecule has 1 aliphatic rings. The lowest BCUT2D eigenvalue weighted by Gasteiger charge is -2.16. The van der Waals surface area contributed by atoms with Gasteiger partial charge in [0.1, 0.15) is 5.01 Å². The maximum Gasteiger partial charge on any atom is 0.220 e. The van der Waals surface area contributed by atoms with Crippen LogP contribution in [-0.2, 0) is 4.79 Å². The van der Waals surface area contributed by atoms with Crippen LogP contribution in [0.5, 0.6) is 0 Å². The standard InChI is InChI=1S/C13H20N2OS/c1-2-11(13-14-7-8-17-13)15-12(16)9-10-5-3-4-6-10/h7-8,10-11H,2-6,9H2,1H3,(H,15,16)/t11-/m1/s1. The molecular weight excluding hydrogens is 232 g/mol. The highest BCUT2D eigenvalue weighted by Crippen LogP contribution is 2.28. The molecule has 1 aliphatic carbocycles. The van der Waals surface area contributed by atoms with Crippen LogP contribution in [0.3, 0.4) is 0 Å². The predicted molar refractivity (Wildman–Crippen MR) is 69.9 cm³/mol. The maximum absolute atomic E-state index is 11.9. The zero-order chi connectivity index (χ0) is 12.1. The van der Waals surface area contributed by atoms with Gasteiger partial charge in [-0.05, 0) is 25.2 Å². The van der Waals surface area contributed by atoms with Gasteiger partial charge in [0, 0.05) is 18.0 Å². The van der Waals surface area contributed by atoms with E-state index in [4.69, 9.17) is 0 Å². The molecule has 2 rings (SSSR count). The molecule has 1 aromatic rings. The average molecular weight is 252 g/mol. The van der Waals surface area contributed by atoms with E-state index in [9.17, 15) is 4.79 Å². The summed E-state index contributed by atoms with van der Waals surface area (Å²) in [7, 11) is 0. The maximum atomic E-state index is 11.9. The van der Waals surface area contributed by atoms with E-state index in [1.165, 1.54) is 25.7 Å². The van der Waals surface area contributed by atoms with Gasteiger partial charge in [-0.3, -0.25) is 4.79 Å². The normalized spacial score (nSPS) is 18.2. The van der Waals surface area contributed by atoms with Crippen LogP contribution < -0.4 is 5.32 Å². The van der Waals surface area contributed by atoms with E-state index in [-0.39, 0.29) is 11.9 Å². The van der Waals surface area contributed by atoms with Gasteiger partial charge < -0.3 is 5.32 Å². The number of carbonyl (C=O) groups is 1. The minimum atomic E-state index is 0.101. The third-order valence-corrected chi connectivity index (χ3v) is 4.33. The quantitative estimate of drug-likeness (QED) is 0.873. The van der Waals surface area contributed by atoms with Crippen molar-refractivity contribution in [2.45, 2.75) is 51.5 Å². The fraction of sp³-hybridized carbons (Fsp3) is 0.692. The number of aromatic nitrogens is 1. The second kappa shape index (κ2) is 6.15. The minimum Gasteiger partial charge on any atom is -0.347 e. The SMILES string of the molecule is CC[C@@H](NC(=O)CC1CCCC1)c1nccs1. The van der Waals surface area contributed by atoms with E-state index in [2.05, 4.69) is 17.2 Å². The van der Waals surface area contributed by atoms with Crippen molar-refractivity contribution in [2.75, 3.05) is 0 Å². The van der Waals surface area contributed by atoms with E-state index in [0.29, 0.717) is 12.3 Å². The number of amides is 1. The van der Waals surface area contributed by atoms with Crippen molar-refractivity contribution in [3.63, 3.8) is 0 Å². The average Bonchev–Trinajstić information content (AvgIpc) is 2.97. The molecule has 0 unspecified atom stereocenters. The van der Waals surface area contributed by atoms with Gasteiger partial charge in [-0.2, -0.15) is 0 Å². The molecular formula is C13H20N2OS. The van der Waals surface area contributed by atoms with E-state index < -0.39 is 0 Å². The molecule has 0 spiro atoms. The summed E-state index contributed by atoms with van der Waals surface area (Å²) in [5.41, 5.74) is 0. The second-order valence-corrected chi connectivity index (χ2v) is 5.68. The van der Waals surface area contributed by atoms with Crippen LogP contribution >= 0.6 is 11.3 Å². The molecule has 3 nitrogen and oxygen atoms in total. The van der Waals surface area contributed by atoms with Gasteiger partial charge in [-0.1, -0.05) is 19.8 Å². The molecule has 1 fully saturated rings. The van der Waals surface area contributed by atoms with Crippen LogP contribution in [0.4, 0.5) is 0 Å². The number of hydrogen-bond donors (Lipinski definition) is 1. The highest BCUT2D eigenvalue weighted by molar-refractivity contribution is 7.09. The minimum absolute atomic E-state index is 0.101. The van der Waals surface area contributed by atoms with Gasteiger partial charge in [0.15, 0.2) is 0 Å². The summed E-state index contributed by atoms with van der Waals surface area (Å²) in [6.45, 7) is 2.09. The van der Waals surface area contributed by atoms with E-state index in [0.717, 1.165) is 11.4 Å². The predicted octanol–water partition coefficient (Wildman–Crippen LogP) is 3.29. The van der Waals surface area contributed by atoms with Crippen molar-refractivity contribution in [1.82, 2.24) is 10.3 Å². The van der Waals surface area contributed by atoms with Crippen molar-refractivity contribution in [2.24, 2.45) is 5.92 Å². The van der Waals surface area contributed by atoms with Crippen molar-refractivity contribution >= 4 is 17.2 Å². The lowest BCUT2D eigenvalue weighted by molar-refractivity contribution is -0.122. The summed E-state index contributed by atoms with van der Waals surface area (Å²) in [6, 6.07) is 0.101. The lowest BCUT2D eigenvalue weighted by atomic mass is 10.0. The molecule has 1 saturated carbocycles. The summed E-state index contributed by atoms with van der Waals surface area (Å²) in [5, 5.41) is 6.09. The Morgan fingerprint density at radius 1 is 1.59 bits per heavy atom. The topological polar surface area (TPSA) is 42.0 Å². The number of nitrogens with zero attached hydrogens (tertiary/aromatic N) is 1. The van der Waals surface area contributed by atoms with Crippen molar-refractivity contribution in [3.05, 3.63) is 16.6 Å². The third kappa shape index (κ3) is 3.53. The fourth-order valence-corrected chi connectivity index (χ4v) is 3.25. The first-order valence-corrected chi connectivity index (χ1v) is 7.36. The molecule has 0 aromatic carbocycles. The number of nitrogens with one attached hydrogen (secondary N) is 1. The highest BCUT2D eigenvalue weighted by Gasteiger charge is 2.21. The number of rotatable bonds is 5. The fourth-order valence-electron chi connectivity index (χ4n) is 2.47. The Morgan fingerprint density at radius 2 is 2.35 bits per heavy atom. The first-order chi connectivity index (χ1) is 8.29.